The molecule has 0 radical (unpaired) electrons. The van der Waals surface area contributed by atoms with E-state index in [9.17, 15) is 12.9 Å². The first-order chi connectivity index (χ1) is 8.97. The maximum Gasteiger partial charge on any atom is 0.511 e. The van der Waals surface area contributed by atoms with Gasteiger partial charge in [-0.3, -0.25) is 4.98 Å². The van der Waals surface area contributed by atoms with Gasteiger partial charge in [-0.2, -0.15) is 0 Å². The van der Waals surface area contributed by atoms with Crippen LogP contribution in [0.4, 0.5) is 12.9 Å². The lowest BCUT2D eigenvalue weighted by atomic mass is 9.81. The number of hydrogen-bond acceptors (Lipinski definition) is 2. The van der Waals surface area contributed by atoms with Gasteiger partial charge in [0.25, 0.3) is 0 Å². The minimum Gasteiger partial charge on any atom is -0.487 e. The van der Waals surface area contributed by atoms with Crippen LogP contribution in [0.25, 0.3) is 0 Å². The van der Waals surface area contributed by atoms with Crippen molar-refractivity contribution in [3.63, 3.8) is 0 Å². The maximum atomic E-state index is 12.5. The van der Waals surface area contributed by atoms with Crippen LogP contribution in [0.2, 0.25) is 5.02 Å². The fraction of sp³-hybridized carbons (Fsp3) is 0.0833. The van der Waals surface area contributed by atoms with Crippen LogP contribution in [0.15, 0.2) is 42.7 Å². The molecule has 7 heteroatoms. The van der Waals surface area contributed by atoms with Crippen molar-refractivity contribution in [3.05, 3.63) is 53.3 Å². The summed E-state index contributed by atoms with van der Waals surface area (Å²) in [6, 6.07) is 7.91. The number of aromatic nitrogens is 1. The first kappa shape index (κ1) is 13.7. The van der Waals surface area contributed by atoms with Crippen LogP contribution in [0.5, 0.6) is 5.75 Å². The van der Waals surface area contributed by atoms with Gasteiger partial charge in [0.15, 0.2) is 0 Å². The average Bonchev–Trinajstić information content (AvgIpc) is 2.37. The minimum atomic E-state index is -5.07. The Balaban J connectivity index is 2.10. The molecular weight excluding hydrogens is 277 g/mol. The molecule has 1 heterocycles. The Bertz CT molecular complexity index is 577. The van der Waals surface area contributed by atoms with Crippen LogP contribution in [0.3, 0.4) is 0 Å². The molecule has 0 aliphatic rings. The molecule has 0 saturated carbocycles. The number of benzene rings is 1. The van der Waals surface area contributed by atoms with Crippen molar-refractivity contribution in [2.75, 3.05) is 0 Å². The molecule has 0 bridgehead atoms. The summed E-state index contributed by atoms with van der Waals surface area (Å²) in [6.07, 6.45) is 2.02. The first-order valence-corrected chi connectivity index (χ1v) is 5.86. The van der Waals surface area contributed by atoms with Crippen LogP contribution >= 0.6 is 11.6 Å². The highest BCUT2D eigenvalue weighted by molar-refractivity contribution is 6.73. The summed E-state index contributed by atoms with van der Waals surface area (Å²) in [7, 11) is 0. The van der Waals surface area contributed by atoms with Crippen LogP contribution in [-0.2, 0) is 6.61 Å². The Kier molecular flexibility index (Phi) is 4.00. The number of hydrogen-bond donors (Lipinski definition) is 0. The highest BCUT2D eigenvalue weighted by atomic mass is 35.5. The van der Waals surface area contributed by atoms with Gasteiger partial charge in [0.05, 0.1) is 6.20 Å². The SMILES string of the molecule is F[B-](F)(F)c1cncc(OCc2ccccc2Cl)c1. The summed E-state index contributed by atoms with van der Waals surface area (Å²) in [6.45, 7) is -4.98. The fourth-order valence-electron chi connectivity index (χ4n) is 1.47. The van der Waals surface area contributed by atoms with Crippen molar-refractivity contribution in [1.82, 2.24) is 4.98 Å². The molecule has 0 aliphatic carbocycles. The summed E-state index contributed by atoms with van der Waals surface area (Å²) in [5.74, 6) is 0.0663. The van der Waals surface area contributed by atoms with Gasteiger partial charge in [-0.1, -0.05) is 35.3 Å². The van der Waals surface area contributed by atoms with Crippen LogP contribution in [-0.4, -0.2) is 12.0 Å². The molecule has 1 aromatic heterocycles. The fourth-order valence-corrected chi connectivity index (χ4v) is 1.66. The van der Waals surface area contributed by atoms with Gasteiger partial charge < -0.3 is 17.7 Å². The zero-order chi connectivity index (χ0) is 13.9. The van der Waals surface area contributed by atoms with E-state index in [-0.39, 0.29) is 12.4 Å². The van der Waals surface area contributed by atoms with E-state index in [4.69, 9.17) is 16.3 Å². The largest absolute Gasteiger partial charge is 0.511 e. The third kappa shape index (κ3) is 3.64. The van der Waals surface area contributed by atoms with E-state index in [1.165, 1.54) is 6.20 Å². The quantitative estimate of drug-likeness (QED) is 0.804. The van der Waals surface area contributed by atoms with E-state index in [1.807, 2.05) is 0 Å². The van der Waals surface area contributed by atoms with E-state index < -0.39 is 12.4 Å². The van der Waals surface area contributed by atoms with Crippen LogP contribution in [0, 0.1) is 0 Å². The molecule has 100 valence electrons. The second-order valence-corrected chi connectivity index (χ2v) is 4.32. The number of pyridine rings is 1. The Labute approximate surface area is 113 Å². The maximum absolute atomic E-state index is 12.5. The van der Waals surface area contributed by atoms with Gasteiger partial charge >= 0.3 is 6.98 Å². The number of ether oxygens (including phenoxy) is 1. The Morgan fingerprint density at radius 2 is 1.89 bits per heavy atom. The van der Waals surface area contributed by atoms with Crippen molar-refractivity contribution >= 4 is 24.0 Å². The Morgan fingerprint density at radius 1 is 1.16 bits per heavy atom. The van der Waals surface area contributed by atoms with Gasteiger partial charge in [-0.15, -0.1) is 0 Å². The summed E-state index contributed by atoms with van der Waals surface area (Å²) >= 11 is 5.92. The zero-order valence-corrected chi connectivity index (χ0v) is 10.4. The molecule has 2 rings (SSSR count). The molecule has 0 spiro atoms. The number of halogens is 4. The van der Waals surface area contributed by atoms with Crippen molar-refractivity contribution in [2.24, 2.45) is 0 Å². The molecule has 0 aliphatic heterocycles. The summed E-state index contributed by atoms with van der Waals surface area (Å²) in [4.78, 5) is 3.52. The topological polar surface area (TPSA) is 22.1 Å². The standard InChI is InChI=1S/C12H9BClF3NO/c14-12-4-2-1-3-9(12)8-19-11-5-10(6-18-7-11)13(15,16)17/h1-7H,8H2/q-1. The summed E-state index contributed by atoms with van der Waals surface area (Å²) in [5, 5.41) is 0.506. The Hall–Kier alpha value is -1.69. The number of rotatable bonds is 4. The Morgan fingerprint density at radius 3 is 2.58 bits per heavy atom. The van der Waals surface area contributed by atoms with Crippen molar-refractivity contribution in [2.45, 2.75) is 6.61 Å². The molecule has 2 nitrogen and oxygen atoms in total. The molecule has 0 amide bonds. The zero-order valence-electron chi connectivity index (χ0n) is 9.69. The molecule has 0 N–H and O–H groups in total. The van der Waals surface area contributed by atoms with E-state index >= 15 is 0 Å². The summed E-state index contributed by atoms with van der Waals surface area (Å²) < 4.78 is 42.9. The van der Waals surface area contributed by atoms with Crippen LogP contribution < -0.4 is 10.2 Å². The van der Waals surface area contributed by atoms with Crippen molar-refractivity contribution in [3.8, 4) is 5.75 Å². The van der Waals surface area contributed by atoms with Gasteiger partial charge in [-0.25, -0.2) is 0 Å². The molecule has 19 heavy (non-hydrogen) atoms. The average molecular weight is 286 g/mol. The van der Waals surface area contributed by atoms with Gasteiger partial charge in [0.1, 0.15) is 12.4 Å². The molecule has 1 aromatic carbocycles. The van der Waals surface area contributed by atoms with E-state index in [0.29, 0.717) is 10.6 Å². The first-order valence-electron chi connectivity index (χ1n) is 5.48. The second kappa shape index (κ2) is 5.53. The minimum absolute atomic E-state index is 0.0663. The lowest BCUT2D eigenvalue weighted by molar-refractivity contribution is 0.305. The predicted molar refractivity (Wildman–Crippen MR) is 68.7 cm³/mol. The lowest BCUT2D eigenvalue weighted by Gasteiger charge is -2.15. The third-order valence-electron chi connectivity index (χ3n) is 2.46. The molecule has 0 saturated heterocycles. The molecule has 0 unspecified atom stereocenters. The second-order valence-electron chi connectivity index (χ2n) is 3.91. The van der Waals surface area contributed by atoms with Crippen LogP contribution in [0.1, 0.15) is 5.56 Å². The van der Waals surface area contributed by atoms with E-state index in [1.54, 1.807) is 24.3 Å². The molecular formula is C12H9BClF3NO-. The smallest absolute Gasteiger partial charge is 0.487 e. The lowest BCUT2D eigenvalue weighted by Crippen LogP contribution is -2.34. The monoisotopic (exact) mass is 286 g/mol. The summed E-state index contributed by atoms with van der Waals surface area (Å²) in [5.41, 5.74) is -0.0799. The predicted octanol–water partition coefficient (Wildman–Crippen LogP) is 3.37. The van der Waals surface area contributed by atoms with Gasteiger partial charge in [0, 0.05) is 16.8 Å². The highest BCUT2D eigenvalue weighted by Gasteiger charge is 2.26. The molecule has 0 atom stereocenters. The molecule has 2 aromatic rings. The molecule has 0 fully saturated rings. The van der Waals surface area contributed by atoms with E-state index in [2.05, 4.69) is 4.98 Å². The number of nitrogens with zero attached hydrogens (tertiary/aromatic N) is 1. The highest BCUT2D eigenvalue weighted by Crippen LogP contribution is 2.18. The van der Waals surface area contributed by atoms with Gasteiger partial charge in [0.2, 0.25) is 0 Å². The third-order valence-corrected chi connectivity index (χ3v) is 2.83. The van der Waals surface area contributed by atoms with E-state index in [0.717, 1.165) is 12.3 Å². The van der Waals surface area contributed by atoms with Gasteiger partial charge in [-0.05, 0) is 12.1 Å². The normalized spacial score (nSPS) is 11.4. The van der Waals surface area contributed by atoms with Crippen molar-refractivity contribution < 1.29 is 17.7 Å². The van der Waals surface area contributed by atoms with Crippen molar-refractivity contribution in [1.29, 1.82) is 0 Å².